The number of piperazine rings is 1. The standard InChI is InChI=1S/C16H23N3O2/c1-10(12-8-6-7-9-17-12)19-11(2)14(20)18-13(15(19)21)16(3,4)5/h6-11,13H,1-5H3,(H,18,20). The van der Waals surface area contributed by atoms with Crippen molar-refractivity contribution >= 4 is 11.8 Å². The summed E-state index contributed by atoms with van der Waals surface area (Å²) in [4.78, 5) is 31.0. The minimum absolute atomic E-state index is 0.0484. The van der Waals surface area contributed by atoms with E-state index in [0.29, 0.717) is 0 Å². The van der Waals surface area contributed by atoms with Gasteiger partial charge in [-0.05, 0) is 31.4 Å². The van der Waals surface area contributed by atoms with Crippen LogP contribution in [0.15, 0.2) is 24.4 Å². The summed E-state index contributed by atoms with van der Waals surface area (Å²) in [6, 6.07) is 4.37. The van der Waals surface area contributed by atoms with Crippen molar-refractivity contribution in [1.29, 1.82) is 0 Å². The monoisotopic (exact) mass is 289 g/mol. The lowest BCUT2D eigenvalue weighted by molar-refractivity contribution is -0.154. The van der Waals surface area contributed by atoms with Crippen LogP contribution in [0.1, 0.15) is 46.4 Å². The number of amides is 2. The molecule has 0 saturated carbocycles. The predicted molar refractivity (Wildman–Crippen MR) is 80.3 cm³/mol. The molecule has 3 unspecified atom stereocenters. The van der Waals surface area contributed by atoms with Gasteiger partial charge in [0.1, 0.15) is 12.1 Å². The molecule has 1 aromatic rings. The van der Waals surface area contributed by atoms with Gasteiger partial charge in [0.2, 0.25) is 11.8 Å². The molecule has 5 heteroatoms. The molecule has 3 atom stereocenters. The Balaban J connectivity index is 2.35. The molecule has 2 heterocycles. The van der Waals surface area contributed by atoms with E-state index in [4.69, 9.17) is 0 Å². The van der Waals surface area contributed by atoms with Gasteiger partial charge in [-0.1, -0.05) is 26.8 Å². The topological polar surface area (TPSA) is 62.3 Å². The van der Waals surface area contributed by atoms with Crippen LogP contribution in [0.2, 0.25) is 0 Å². The van der Waals surface area contributed by atoms with Crippen molar-refractivity contribution in [2.75, 3.05) is 0 Å². The van der Waals surface area contributed by atoms with Gasteiger partial charge in [-0.15, -0.1) is 0 Å². The van der Waals surface area contributed by atoms with Gasteiger partial charge >= 0.3 is 0 Å². The second-order valence-corrected chi connectivity index (χ2v) is 6.66. The molecule has 1 aromatic heterocycles. The fourth-order valence-electron chi connectivity index (χ4n) is 2.67. The van der Waals surface area contributed by atoms with Crippen LogP contribution in [0.5, 0.6) is 0 Å². The average molecular weight is 289 g/mol. The summed E-state index contributed by atoms with van der Waals surface area (Å²) in [5, 5.41) is 2.84. The quantitative estimate of drug-likeness (QED) is 0.904. The smallest absolute Gasteiger partial charge is 0.246 e. The molecule has 0 aromatic carbocycles. The molecule has 1 aliphatic heterocycles. The number of carbonyl (C=O) groups is 2. The number of nitrogens with one attached hydrogen (secondary N) is 1. The van der Waals surface area contributed by atoms with Crippen LogP contribution in [0, 0.1) is 5.41 Å². The molecule has 1 N–H and O–H groups in total. The van der Waals surface area contributed by atoms with E-state index in [1.54, 1.807) is 18.0 Å². The maximum Gasteiger partial charge on any atom is 0.246 e. The number of rotatable bonds is 2. The van der Waals surface area contributed by atoms with E-state index >= 15 is 0 Å². The summed E-state index contributed by atoms with van der Waals surface area (Å²) in [6.45, 7) is 9.53. The number of pyridine rings is 1. The van der Waals surface area contributed by atoms with E-state index in [0.717, 1.165) is 5.69 Å². The van der Waals surface area contributed by atoms with Gasteiger partial charge in [-0.2, -0.15) is 0 Å². The Labute approximate surface area is 125 Å². The van der Waals surface area contributed by atoms with E-state index < -0.39 is 12.1 Å². The maximum atomic E-state index is 12.8. The fraction of sp³-hybridized carbons (Fsp3) is 0.562. The first-order chi connectivity index (χ1) is 9.73. The van der Waals surface area contributed by atoms with Crippen molar-refractivity contribution in [1.82, 2.24) is 15.2 Å². The third kappa shape index (κ3) is 2.91. The molecule has 2 amide bonds. The first-order valence-electron chi connectivity index (χ1n) is 7.27. The molecule has 0 spiro atoms. The molecule has 5 nitrogen and oxygen atoms in total. The number of nitrogens with zero attached hydrogens (tertiary/aromatic N) is 2. The van der Waals surface area contributed by atoms with Crippen molar-refractivity contribution in [3.8, 4) is 0 Å². The Morgan fingerprint density at radius 1 is 1.29 bits per heavy atom. The summed E-state index contributed by atoms with van der Waals surface area (Å²) in [6.07, 6.45) is 1.70. The van der Waals surface area contributed by atoms with Crippen LogP contribution in [0.3, 0.4) is 0 Å². The first-order valence-corrected chi connectivity index (χ1v) is 7.27. The number of carbonyl (C=O) groups excluding carboxylic acids is 2. The van der Waals surface area contributed by atoms with Crippen LogP contribution in [-0.2, 0) is 9.59 Å². The van der Waals surface area contributed by atoms with Crippen LogP contribution in [-0.4, -0.2) is 33.8 Å². The highest BCUT2D eigenvalue weighted by molar-refractivity contribution is 5.97. The zero-order valence-electron chi connectivity index (χ0n) is 13.3. The van der Waals surface area contributed by atoms with Gasteiger partial charge < -0.3 is 10.2 Å². The summed E-state index contributed by atoms with van der Waals surface area (Å²) in [7, 11) is 0. The number of hydrogen-bond acceptors (Lipinski definition) is 3. The lowest BCUT2D eigenvalue weighted by atomic mass is 9.83. The molecule has 1 saturated heterocycles. The van der Waals surface area contributed by atoms with Gasteiger partial charge in [0.05, 0.1) is 11.7 Å². The Hall–Kier alpha value is -1.91. The lowest BCUT2D eigenvalue weighted by Gasteiger charge is -2.44. The van der Waals surface area contributed by atoms with Gasteiger partial charge in [-0.25, -0.2) is 0 Å². The highest BCUT2D eigenvalue weighted by Crippen LogP contribution is 2.30. The van der Waals surface area contributed by atoms with Gasteiger partial charge in [0.15, 0.2) is 0 Å². The molecule has 0 radical (unpaired) electrons. The summed E-state index contributed by atoms with van der Waals surface area (Å²) in [5.74, 6) is -0.162. The van der Waals surface area contributed by atoms with Crippen molar-refractivity contribution in [3.05, 3.63) is 30.1 Å². The molecule has 1 aliphatic rings. The van der Waals surface area contributed by atoms with Crippen LogP contribution in [0.4, 0.5) is 0 Å². The van der Waals surface area contributed by atoms with Crippen LogP contribution in [0.25, 0.3) is 0 Å². The molecule has 0 aliphatic carbocycles. The molecule has 114 valence electrons. The third-order valence-corrected chi connectivity index (χ3v) is 3.98. The van der Waals surface area contributed by atoms with E-state index in [-0.39, 0.29) is 23.3 Å². The second kappa shape index (κ2) is 5.47. The van der Waals surface area contributed by atoms with Crippen LogP contribution >= 0.6 is 0 Å². The van der Waals surface area contributed by atoms with E-state index in [9.17, 15) is 9.59 Å². The maximum absolute atomic E-state index is 12.8. The highest BCUT2D eigenvalue weighted by Gasteiger charge is 2.45. The van der Waals surface area contributed by atoms with Gasteiger partial charge in [0.25, 0.3) is 0 Å². The van der Waals surface area contributed by atoms with Crippen molar-refractivity contribution in [2.24, 2.45) is 5.41 Å². The van der Waals surface area contributed by atoms with Gasteiger partial charge in [0, 0.05) is 6.20 Å². The largest absolute Gasteiger partial charge is 0.342 e. The SMILES string of the molecule is CC1C(=O)NC(C(C)(C)C)C(=O)N1C(C)c1ccccn1. The summed E-state index contributed by atoms with van der Waals surface area (Å²) in [5.41, 5.74) is 0.467. The van der Waals surface area contributed by atoms with Gasteiger partial charge in [-0.3, -0.25) is 14.6 Å². The zero-order chi connectivity index (χ0) is 15.8. The molecule has 21 heavy (non-hydrogen) atoms. The number of hydrogen-bond donors (Lipinski definition) is 1. The third-order valence-electron chi connectivity index (χ3n) is 3.98. The molecule has 1 fully saturated rings. The van der Waals surface area contributed by atoms with Crippen LogP contribution < -0.4 is 5.32 Å². The average Bonchev–Trinajstić information content (AvgIpc) is 2.42. The Morgan fingerprint density at radius 2 is 1.95 bits per heavy atom. The van der Waals surface area contributed by atoms with E-state index in [1.807, 2.05) is 45.9 Å². The zero-order valence-corrected chi connectivity index (χ0v) is 13.3. The summed E-state index contributed by atoms with van der Waals surface area (Å²) >= 11 is 0. The predicted octanol–water partition coefficient (Wildman–Crippen LogP) is 1.90. The Bertz CT molecular complexity index is 536. The number of aromatic nitrogens is 1. The Kier molecular flexibility index (Phi) is 4.03. The minimum atomic E-state index is -0.507. The molecular weight excluding hydrogens is 266 g/mol. The fourth-order valence-corrected chi connectivity index (χ4v) is 2.67. The lowest BCUT2D eigenvalue weighted by Crippen LogP contribution is -2.66. The molecular formula is C16H23N3O2. The summed E-state index contributed by atoms with van der Waals surface area (Å²) < 4.78 is 0. The van der Waals surface area contributed by atoms with E-state index in [2.05, 4.69) is 10.3 Å². The molecule has 2 rings (SSSR count). The van der Waals surface area contributed by atoms with Crippen molar-refractivity contribution in [2.45, 2.75) is 52.7 Å². The normalized spacial score (nSPS) is 24.7. The second-order valence-electron chi connectivity index (χ2n) is 6.66. The highest BCUT2D eigenvalue weighted by atomic mass is 16.2. The van der Waals surface area contributed by atoms with Crippen molar-refractivity contribution < 1.29 is 9.59 Å². The first kappa shape index (κ1) is 15.5. The Morgan fingerprint density at radius 3 is 2.48 bits per heavy atom. The van der Waals surface area contributed by atoms with Crippen molar-refractivity contribution in [3.63, 3.8) is 0 Å². The van der Waals surface area contributed by atoms with E-state index in [1.165, 1.54) is 0 Å². The minimum Gasteiger partial charge on any atom is -0.342 e. The molecule has 0 bridgehead atoms.